The van der Waals surface area contributed by atoms with Crippen molar-refractivity contribution in [1.82, 2.24) is 0 Å². The summed E-state index contributed by atoms with van der Waals surface area (Å²) >= 11 is 0. The molecule has 2 rings (SSSR count). The molecule has 80 valence electrons. The molecule has 0 unspecified atom stereocenters. The van der Waals surface area contributed by atoms with Crippen LogP contribution in [-0.2, 0) is 0 Å². The normalized spacial score (nSPS) is 14.2. The molecular formula is C15H16Si. The summed E-state index contributed by atoms with van der Waals surface area (Å²) in [6.45, 7) is 4.64. The molecule has 0 saturated carbocycles. The van der Waals surface area contributed by atoms with Crippen LogP contribution in [0.15, 0.2) is 53.8 Å². The first kappa shape index (κ1) is 11.0. The minimum atomic E-state index is -1.52. The quantitative estimate of drug-likeness (QED) is 0.504. The molecule has 0 fully saturated rings. The van der Waals surface area contributed by atoms with Gasteiger partial charge < -0.3 is 0 Å². The Hall–Kier alpha value is -1.52. The monoisotopic (exact) mass is 224 g/mol. The molecule has 0 spiro atoms. The minimum Gasteiger partial charge on any atom is -0.121 e. The van der Waals surface area contributed by atoms with E-state index in [2.05, 4.69) is 54.9 Å². The summed E-state index contributed by atoms with van der Waals surface area (Å²) in [6, 6.07) is 10.2. The molecule has 0 nitrogen and oxygen atoms in total. The third-order valence-corrected chi connectivity index (χ3v) is 5.59. The maximum Gasteiger partial charge on any atom is 0.159 e. The molecule has 1 aromatic carbocycles. The van der Waals surface area contributed by atoms with Crippen LogP contribution in [0.2, 0.25) is 13.1 Å². The predicted molar refractivity (Wildman–Crippen MR) is 72.6 cm³/mol. The average molecular weight is 224 g/mol. The maximum absolute atomic E-state index is 3.50. The van der Waals surface area contributed by atoms with Crippen molar-refractivity contribution in [3.8, 4) is 11.5 Å². The van der Waals surface area contributed by atoms with E-state index in [0.29, 0.717) is 0 Å². The van der Waals surface area contributed by atoms with Crippen molar-refractivity contribution in [1.29, 1.82) is 0 Å². The molecule has 16 heavy (non-hydrogen) atoms. The molecule has 1 aromatic rings. The van der Waals surface area contributed by atoms with Crippen LogP contribution in [0.5, 0.6) is 0 Å². The molecule has 0 bridgehead atoms. The second-order valence-electron chi connectivity index (χ2n) is 4.57. The lowest BCUT2D eigenvalue weighted by molar-refractivity contribution is 1.37. The minimum absolute atomic E-state index is 1.10. The molecule has 0 saturated heterocycles. The van der Waals surface area contributed by atoms with Crippen molar-refractivity contribution in [3.05, 3.63) is 59.3 Å². The van der Waals surface area contributed by atoms with Gasteiger partial charge in [-0.25, -0.2) is 0 Å². The number of hydrogen-bond acceptors (Lipinski definition) is 0. The Morgan fingerprint density at radius 3 is 2.50 bits per heavy atom. The highest BCUT2D eigenvalue weighted by molar-refractivity contribution is 6.91. The fraction of sp³-hybridized carbons (Fsp3) is 0.200. The van der Waals surface area contributed by atoms with Gasteiger partial charge in [-0.1, -0.05) is 60.6 Å². The van der Waals surface area contributed by atoms with Gasteiger partial charge in [0, 0.05) is 5.56 Å². The lowest BCUT2D eigenvalue weighted by atomic mass is 10.2. The van der Waals surface area contributed by atoms with Gasteiger partial charge in [-0.3, -0.25) is 0 Å². The summed E-state index contributed by atoms with van der Waals surface area (Å²) in [5.41, 5.74) is 4.62. The zero-order valence-electron chi connectivity index (χ0n) is 9.83. The van der Waals surface area contributed by atoms with Gasteiger partial charge in [0.25, 0.3) is 0 Å². The van der Waals surface area contributed by atoms with Crippen LogP contribution >= 0.6 is 0 Å². The van der Waals surface area contributed by atoms with E-state index in [1.807, 2.05) is 18.2 Å². The lowest BCUT2D eigenvalue weighted by Crippen LogP contribution is -2.26. The first-order valence-corrected chi connectivity index (χ1v) is 8.63. The van der Waals surface area contributed by atoms with E-state index < -0.39 is 8.07 Å². The maximum atomic E-state index is 3.50. The van der Waals surface area contributed by atoms with Crippen molar-refractivity contribution >= 4 is 8.07 Å². The first-order valence-electron chi connectivity index (χ1n) is 5.63. The van der Waals surface area contributed by atoms with Crippen LogP contribution in [-0.4, -0.2) is 8.07 Å². The summed E-state index contributed by atoms with van der Waals surface area (Å²) in [4.78, 5) is 0. The highest BCUT2D eigenvalue weighted by Crippen LogP contribution is 2.22. The van der Waals surface area contributed by atoms with Gasteiger partial charge >= 0.3 is 0 Å². The molecule has 0 radical (unpaired) electrons. The summed E-state index contributed by atoms with van der Waals surface area (Å²) in [5.74, 6) is 3.30. The molecule has 0 aliphatic heterocycles. The number of hydrogen-bond donors (Lipinski definition) is 0. The first-order chi connectivity index (χ1) is 7.68. The van der Waals surface area contributed by atoms with Crippen LogP contribution in [0.4, 0.5) is 0 Å². The van der Waals surface area contributed by atoms with E-state index in [1.54, 1.807) is 0 Å². The Morgan fingerprint density at radius 1 is 1.12 bits per heavy atom. The Balaban J connectivity index is 2.18. The van der Waals surface area contributed by atoms with Gasteiger partial charge in [-0.15, -0.1) is 5.54 Å². The molecule has 1 aliphatic rings. The largest absolute Gasteiger partial charge is 0.159 e. The zero-order chi connectivity index (χ0) is 11.4. The van der Waals surface area contributed by atoms with E-state index in [9.17, 15) is 0 Å². The summed E-state index contributed by atoms with van der Waals surface area (Å²) < 4.78 is 0. The lowest BCUT2D eigenvalue weighted by Gasteiger charge is -2.16. The number of benzene rings is 1. The second kappa shape index (κ2) is 4.55. The Morgan fingerprint density at radius 2 is 1.88 bits per heavy atom. The number of allylic oxidation sites excluding steroid dienone is 4. The third-order valence-electron chi connectivity index (χ3n) is 2.87. The summed E-state index contributed by atoms with van der Waals surface area (Å²) in [7, 11) is -1.52. The van der Waals surface area contributed by atoms with E-state index in [1.165, 1.54) is 5.20 Å². The molecule has 1 heteroatoms. The molecule has 0 amide bonds. The van der Waals surface area contributed by atoms with Crippen molar-refractivity contribution in [2.45, 2.75) is 19.5 Å². The Kier molecular flexibility index (Phi) is 3.12. The molecule has 0 N–H and O–H groups in total. The third kappa shape index (κ3) is 2.53. The fourth-order valence-corrected chi connectivity index (χ4v) is 3.50. The Labute approximate surface area is 98.7 Å². The molecule has 0 heterocycles. The van der Waals surface area contributed by atoms with Crippen LogP contribution in [0.25, 0.3) is 0 Å². The van der Waals surface area contributed by atoms with Gasteiger partial charge in [0.1, 0.15) is 0 Å². The average Bonchev–Trinajstić information content (AvgIpc) is 2.82. The van der Waals surface area contributed by atoms with E-state index >= 15 is 0 Å². The molecular weight excluding hydrogens is 208 g/mol. The zero-order valence-corrected chi connectivity index (χ0v) is 10.8. The van der Waals surface area contributed by atoms with Gasteiger partial charge in [0.05, 0.1) is 0 Å². The smallest absolute Gasteiger partial charge is 0.121 e. The fourth-order valence-electron chi connectivity index (χ4n) is 1.74. The molecule has 0 aromatic heterocycles. The summed E-state index contributed by atoms with van der Waals surface area (Å²) in [5, 5.41) is 1.54. The predicted octanol–water partition coefficient (Wildman–Crippen LogP) is 3.71. The SMILES string of the molecule is C[Si](C)(C#Cc1ccccc1)C1=CC=CC1. The van der Waals surface area contributed by atoms with Crippen molar-refractivity contribution in [2.24, 2.45) is 0 Å². The van der Waals surface area contributed by atoms with Crippen LogP contribution in [0.1, 0.15) is 12.0 Å². The standard InChI is InChI=1S/C15H16Si/c1-16(2,15-10-6-7-11-15)13-12-14-8-4-3-5-9-14/h3-10H,11H2,1-2H3. The van der Waals surface area contributed by atoms with Gasteiger partial charge in [-0.05, 0) is 18.6 Å². The summed E-state index contributed by atoms with van der Waals surface area (Å²) in [6.07, 6.45) is 7.71. The highest BCUT2D eigenvalue weighted by Gasteiger charge is 2.23. The van der Waals surface area contributed by atoms with Crippen LogP contribution in [0.3, 0.4) is 0 Å². The molecule has 0 atom stereocenters. The van der Waals surface area contributed by atoms with Gasteiger partial charge in [0.2, 0.25) is 0 Å². The van der Waals surface area contributed by atoms with Crippen molar-refractivity contribution in [2.75, 3.05) is 0 Å². The highest BCUT2D eigenvalue weighted by atomic mass is 28.3. The van der Waals surface area contributed by atoms with Gasteiger partial charge in [-0.2, -0.15) is 0 Å². The Bertz CT molecular complexity index is 481. The number of rotatable bonds is 1. The van der Waals surface area contributed by atoms with Crippen molar-refractivity contribution < 1.29 is 0 Å². The van der Waals surface area contributed by atoms with Gasteiger partial charge in [0.15, 0.2) is 8.07 Å². The van der Waals surface area contributed by atoms with E-state index in [4.69, 9.17) is 0 Å². The molecule has 1 aliphatic carbocycles. The second-order valence-corrected chi connectivity index (χ2v) is 8.71. The van der Waals surface area contributed by atoms with Crippen LogP contribution < -0.4 is 0 Å². The van der Waals surface area contributed by atoms with Crippen molar-refractivity contribution in [3.63, 3.8) is 0 Å². The van der Waals surface area contributed by atoms with E-state index in [0.717, 1.165) is 12.0 Å². The van der Waals surface area contributed by atoms with Crippen LogP contribution in [0, 0.1) is 11.5 Å². The van der Waals surface area contributed by atoms with E-state index in [-0.39, 0.29) is 0 Å². The topological polar surface area (TPSA) is 0 Å².